The Morgan fingerprint density at radius 1 is 1.44 bits per heavy atom. The largest absolute Gasteiger partial charge is 0.492 e. The Bertz CT molecular complexity index is 408. The van der Waals surface area contributed by atoms with E-state index in [0.29, 0.717) is 35.5 Å². The zero-order valence-corrected chi connectivity index (χ0v) is 11.7. The van der Waals surface area contributed by atoms with Crippen molar-refractivity contribution in [2.75, 3.05) is 18.5 Å². The topological polar surface area (TPSA) is 50.4 Å². The van der Waals surface area contributed by atoms with Gasteiger partial charge in [-0.15, -0.1) is 0 Å². The van der Waals surface area contributed by atoms with Crippen LogP contribution in [0.2, 0.25) is 5.02 Å². The lowest BCUT2D eigenvalue weighted by Crippen LogP contribution is -2.31. The molecule has 2 N–H and O–H groups in total. The van der Waals surface area contributed by atoms with E-state index in [-0.39, 0.29) is 6.03 Å². The second-order valence-electron chi connectivity index (χ2n) is 4.30. The van der Waals surface area contributed by atoms with E-state index in [4.69, 9.17) is 16.3 Å². The Morgan fingerprint density at radius 2 is 2.17 bits per heavy atom. The summed E-state index contributed by atoms with van der Waals surface area (Å²) in [5.74, 6) is 1.02. The van der Waals surface area contributed by atoms with Gasteiger partial charge >= 0.3 is 6.03 Å². The van der Waals surface area contributed by atoms with Crippen molar-refractivity contribution in [3.8, 4) is 5.75 Å². The van der Waals surface area contributed by atoms with E-state index in [1.807, 2.05) is 20.8 Å². The van der Waals surface area contributed by atoms with Crippen molar-refractivity contribution >= 4 is 23.3 Å². The molecule has 18 heavy (non-hydrogen) atoms. The van der Waals surface area contributed by atoms with Crippen LogP contribution in [0.5, 0.6) is 5.75 Å². The molecule has 0 heterocycles. The molecule has 0 spiro atoms. The third-order valence-corrected chi connectivity index (χ3v) is 2.40. The number of ether oxygens (including phenoxy) is 1. The molecule has 1 rings (SSSR count). The molecule has 0 aliphatic carbocycles. The monoisotopic (exact) mass is 270 g/mol. The first-order chi connectivity index (χ1) is 8.52. The number of urea groups is 1. The van der Waals surface area contributed by atoms with Crippen molar-refractivity contribution in [1.29, 1.82) is 0 Å². The van der Waals surface area contributed by atoms with Crippen molar-refractivity contribution in [3.63, 3.8) is 0 Å². The summed E-state index contributed by atoms with van der Waals surface area (Å²) in [5, 5.41) is 6.06. The molecule has 0 radical (unpaired) electrons. The van der Waals surface area contributed by atoms with Gasteiger partial charge in [-0.1, -0.05) is 25.4 Å². The number of hydrogen-bond acceptors (Lipinski definition) is 2. The van der Waals surface area contributed by atoms with Crippen LogP contribution in [0, 0.1) is 5.92 Å². The van der Waals surface area contributed by atoms with Crippen molar-refractivity contribution in [2.24, 2.45) is 5.92 Å². The minimum absolute atomic E-state index is 0.257. The highest BCUT2D eigenvalue weighted by atomic mass is 35.5. The second-order valence-corrected chi connectivity index (χ2v) is 4.74. The fourth-order valence-corrected chi connectivity index (χ4v) is 1.52. The third-order valence-electron chi connectivity index (χ3n) is 2.16. The van der Waals surface area contributed by atoms with Gasteiger partial charge in [0, 0.05) is 11.6 Å². The van der Waals surface area contributed by atoms with Crippen LogP contribution in [0.25, 0.3) is 0 Å². The van der Waals surface area contributed by atoms with E-state index in [1.165, 1.54) is 0 Å². The van der Waals surface area contributed by atoms with Gasteiger partial charge in [0.1, 0.15) is 5.75 Å². The summed E-state index contributed by atoms with van der Waals surface area (Å²) in [4.78, 5) is 11.7. The fourth-order valence-electron chi connectivity index (χ4n) is 1.34. The number of carbonyl (C=O) groups is 1. The minimum atomic E-state index is -0.257. The molecule has 4 nitrogen and oxygen atoms in total. The van der Waals surface area contributed by atoms with Gasteiger partial charge in [-0.2, -0.15) is 0 Å². The van der Waals surface area contributed by atoms with Crippen LogP contribution < -0.4 is 15.4 Å². The van der Waals surface area contributed by atoms with Gasteiger partial charge < -0.3 is 15.4 Å². The maximum absolute atomic E-state index is 11.7. The molecule has 100 valence electrons. The van der Waals surface area contributed by atoms with E-state index in [2.05, 4.69) is 10.6 Å². The van der Waals surface area contributed by atoms with Crippen molar-refractivity contribution < 1.29 is 9.53 Å². The van der Waals surface area contributed by atoms with Crippen LogP contribution in [0.15, 0.2) is 18.2 Å². The van der Waals surface area contributed by atoms with Crippen LogP contribution in [-0.2, 0) is 0 Å². The lowest BCUT2D eigenvalue weighted by atomic mass is 10.2. The van der Waals surface area contributed by atoms with E-state index in [9.17, 15) is 4.79 Å². The molecule has 0 bridgehead atoms. The van der Waals surface area contributed by atoms with Crippen molar-refractivity contribution in [3.05, 3.63) is 23.2 Å². The first kappa shape index (κ1) is 14.6. The van der Waals surface area contributed by atoms with Gasteiger partial charge in [-0.25, -0.2) is 4.79 Å². The number of halogens is 1. The number of benzene rings is 1. The van der Waals surface area contributed by atoms with E-state index in [0.717, 1.165) is 0 Å². The summed E-state index contributed by atoms with van der Waals surface area (Å²) in [6.07, 6.45) is 0. The summed E-state index contributed by atoms with van der Waals surface area (Å²) in [6.45, 7) is 7.11. The number of amides is 2. The average molecular weight is 271 g/mol. The summed E-state index contributed by atoms with van der Waals surface area (Å²) in [7, 11) is 0. The summed E-state index contributed by atoms with van der Waals surface area (Å²) in [5.41, 5.74) is 0.575. The highest BCUT2D eigenvalue weighted by Gasteiger charge is 2.08. The summed E-state index contributed by atoms with van der Waals surface area (Å²) in [6, 6.07) is 4.88. The summed E-state index contributed by atoms with van der Waals surface area (Å²) < 4.78 is 5.42. The lowest BCUT2D eigenvalue weighted by molar-refractivity contribution is 0.250. The molecular weight excluding hydrogens is 252 g/mol. The first-order valence-corrected chi connectivity index (χ1v) is 6.38. The van der Waals surface area contributed by atoms with Crippen molar-refractivity contribution in [1.82, 2.24) is 5.32 Å². The number of rotatable bonds is 5. The molecule has 0 aromatic heterocycles. The molecule has 0 atom stereocenters. The normalized spacial score (nSPS) is 10.3. The van der Waals surface area contributed by atoms with Crippen LogP contribution in [0.1, 0.15) is 20.8 Å². The van der Waals surface area contributed by atoms with Gasteiger partial charge in [0.05, 0.1) is 12.3 Å². The molecule has 0 unspecified atom stereocenters. The predicted molar refractivity (Wildman–Crippen MR) is 74.5 cm³/mol. The quantitative estimate of drug-likeness (QED) is 0.860. The first-order valence-electron chi connectivity index (χ1n) is 6.00. The molecule has 1 aromatic carbocycles. The molecule has 5 heteroatoms. The van der Waals surface area contributed by atoms with Gasteiger partial charge in [0.2, 0.25) is 0 Å². The molecule has 2 amide bonds. The Labute approximate surface area is 113 Å². The third kappa shape index (κ3) is 4.84. The van der Waals surface area contributed by atoms with Gasteiger partial charge in [0.15, 0.2) is 0 Å². The van der Waals surface area contributed by atoms with E-state index in [1.54, 1.807) is 18.2 Å². The highest BCUT2D eigenvalue weighted by molar-refractivity contribution is 6.31. The van der Waals surface area contributed by atoms with Gasteiger partial charge in [-0.05, 0) is 31.0 Å². The van der Waals surface area contributed by atoms with Gasteiger partial charge in [-0.3, -0.25) is 0 Å². The number of nitrogens with one attached hydrogen (secondary N) is 2. The Morgan fingerprint density at radius 3 is 2.78 bits per heavy atom. The maximum atomic E-state index is 11.7. The molecule has 0 saturated heterocycles. The second kappa shape index (κ2) is 7.11. The number of carbonyl (C=O) groups excluding carboxylic acids is 1. The standard InChI is InChI=1S/C13H19ClN2O2/c1-4-18-12-6-5-10(14)7-11(12)16-13(17)15-8-9(2)3/h5-7,9H,4,8H2,1-3H3,(H2,15,16,17). The number of anilines is 1. The fraction of sp³-hybridized carbons (Fsp3) is 0.462. The molecule has 0 fully saturated rings. The molecule has 0 saturated carbocycles. The average Bonchev–Trinajstić information content (AvgIpc) is 2.30. The van der Waals surface area contributed by atoms with Crippen LogP contribution in [0.3, 0.4) is 0 Å². The molecule has 0 aliphatic heterocycles. The van der Waals surface area contributed by atoms with E-state index < -0.39 is 0 Å². The molecule has 1 aromatic rings. The molecule has 0 aliphatic rings. The van der Waals surface area contributed by atoms with Crippen LogP contribution >= 0.6 is 11.6 Å². The molecular formula is C13H19ClN2O2. The highest BCUT2D eigenvalue weighted by Crippen LogP contribution is 2.27. The SMILES string of the molecule is CCOc1ccc(Cl)cc1NC(=O)NCC(C)C. The van der Waals surface area contributed by atoms with Gasteiger partial charge in [0.25, 0.3) is 0 Å². The smallest absolute Gasteiger partial charge is 0.319 e. The summed E-state index contributed by atoms with van der Waals surface area (Å²) >= 11 is 5.90. The zero-order valence-electron chi connectivity index (χ0n) is 10.9. The Kier molecular flexibility index (Phi) is 5.78. The zero-order chi connectivity index (χ0) is 13.5. The minimum Gasteiger partial charge on any atom is -0.492 e. The lowest BCUT2D eigenvalue weighted by Gasteiger charge is -2.13. The van der Waals surface area contributed by atoms with Crippen LogP contribution in [0.4, 0.5) is 10.5 Å². The Balaban J connectivity index is 2.69. The van der Waals surface area contributed by atoms with Crippen molar-refractivity contribution in [2.45, 2.75) is 20.8 Å². The maximum Gasteiger partial charge on any atom is 0.319 e. The predicted octanol–water partition coefficient (Wildman–Crippen LogP) is 3.52. The number of hydrogen-bond donors (Lipinski definition) is 2. The van der Waals surface area contributed by atoms with E-state index >= 15 is 0 Å². The Hall–Kier alpha value is -1.42. The van der Waals surface area contributed by atoms with Crippen LogP contribution in [-0.4, -0.2) is 19.2 Å².